The highest BCUT2D eigenvalue weighted by atomic mass is 19.3. The lowest BCUT2D eigenvalue weighted by atomic mass is 9.88. The average Bonchev–Trinajstić information content (AvgIpc) is 3.47. The number of hydrogen-bond acceptors (Lipinski definition) is 4. The van der Waals surface area contributed by atoms with Gasteiger partial charge in [0.1, 0.15) is 6.54 Å². The van der Waals surface area contributed by atoms with Gasteiger partial charge in [-0.05, 0) is 63.5 Å². The Bertz CT molecular complexity index is 1160. The van der Waals surface area contributed by atoms with Gasteiger partial charge in [-0.25, -0.2) is 8.78 Å². The van der Waals surface area contributed by atoms with E-state index in [1.807, 2.05) is 29.7 Å². The molecule has 1 aromatic carbocycles. The summed E-state index contributed by atoms with van der Waals surface area (Å²) >= 11 is 0. The van der Waals surface area contributed by atoms with Crippen LogP contribution in [0.4, 0.5) is 8.78 Å². The van der Waals surface area contributed by atoms with Crippen LogP contribution in [0.5, 0.6) is 0 Å². The smallest absolute Gasteiger partial charge is 0.274 e. The van der Waals surface area contributed by atoms with Crippen molar-refractivity contribution in [1.82, 2.24) is 19.6 Å². The minimum Gasteiger partial charge on any atom is -0.372 e. The van der Waals surface area contributed by atoms with Gasteiger partial charge in [0.05, 0.1) is 12.2 Å². The van der Waals surface area contributed by atoms with Crippen LogP contribution in [0.25, 0.3) is 0 Å². The van der Waals surface area contributed by atoms with E-state index in [-0.39, 0.29) is 42.0 Å². The summed E-state index contributed by atoms with van der Waals surface area (Å²) in [5.74, 6) is -2.80. The number of alkyl halides is 2. The number of rotatable bonds is 5. The van der Waals surface area contributed by atoms with Gasteiger partial charge in [-0.3, -0.25) is 14.3 Å². The molecule has 0 bridgehead atoms. The summed E-state index contributed by atoms with van der Waals surface area (Å²) in [6.45, 7) is 7.21. The van der Waals surface area contributed by atoms with Crippen molar-refractivity contribution in [2.45, 2.75) is 83.5 Å². The first-order valence-electron chi connectivity index (χ1n) is 13.4. The zero-order chi connectivity index (χ0) is 26.3. The Morgan fingerprint density at radius 1 is 1.08 bits per heavy atom. The number of ether oxygens (including phenoxy) is 1. The van der Waals surface area contributed by atoms with Crippen LogP contribution in [0.15, 0.2) is 24.3 Å². The second-order valence-electron chi connectivity index (χ2n) is 10.9. The summed E-state index contributed by atoms with van der Waals surface area (Å²) in [6.07, 6.45) is 4.01. The number of carbonyl (C=O) groups is 2. The van der Waals surface area contributed by atoms with Crippen molar-refractivity contribution in [2.24, 2.45) is 0 Å². The number of amides is 2. The van der Waals surface area contributed by atoms with Crippen LogP contribution in [-0.2, 0) is 34.8 Å². The molecule has 2 aromatic rings. The number of aromatic nitrogens is 2. The van der Waals surface area contributed by atoms with Crippen molar-refractivity contribution >= 4 is 11.8 Å². The lowest BCUT2D eigenvalue weighted by Gasteiger charge is -2.35. The maximum atomic E-state index is 13.8. The molecule has 2 atom stereocenters. The molecule has 0 unspecified atom stereocenters. The zero-order valence-electron chi connectivity index (χ0n) is 21.9. The van der Waals surface area contributed by atoms with E-state index >= 15 is 0 Å². The number of fused-ring (bicyclic) bond motifs is 1. The molecule has 200 valence electrons. The highest BCUT2D eigenvalue weighted by molar-refractivity contribution is 5.94. The molecule has 0 saturated carbocycles. The van der Waals surface area contributed by atoms with Crippen molar-refractivity contribution in [3.8, 4) is 0 Å². The van der Waals surface area contributed by atoms with Gasteiger partial charge in [0.2, 0.25) is 5.91 Å². The lowest BCUT2D eigenvalue weighted by Crippen LogP contribution is -2.48. The first-order chi connectivity index (χ1) is 17.6. The Balaban J connectivity index is 1.24. The molecule has 1 aromatic heterocycles. The van der Waals surface area contributed by atoms with Crippen LogP contribution in [-0.4, -0.2) is 69.8 Å². The molecule has 5 rings (SSSR count). The standard InChI is InChI=1S/C28H36F2N4O3/c1-18-15-33(16-19(2)37-18)27(36)26-23-8-5-9-24(23)34(31-26)17-25(35)32-12-10-20(11-13-32)21-6-4-7-22(14-21)28(3,29)30/h4,6-7,14,18-20H,5,8-13,15-17H2,1-3H3/t18-,19+. The number of halogens is 2. The van der Waals surface area contributed by atoms with Crippen LogP contribution in [0.1, 0.15) is 78.8 Å². The fraction of sp³-hybridized carbons (Fsp3) is 0.607. The normalized spacial score (nSPS) is 22.8. The van der Waals surface area contributed by atoms with Gasteiger partial charge in [0, 0.05) is 49.9 Å². The lowest BCUT2D eigenvalue weighted by molar-refractivity contribution is -0.133. The molecule has 2 aliphatic heterocycles. The van der Waals surface area contributed by atoms with E-state index in [0.29, 0.717) is 31.9 Å². The molecule has 2 saturated heterocycles. The molecule has 0 spiro atoms. The van der Waals surface area contributed by atoms with Gasteiger partial charge >= 0.3 is 0 Å². The molecular weight excluding hydrogens is 478 g/mol. The van der Waals surface area contributed by atoms with E-state index in [4.69, 9.17) is 4.74 Å². The maximum Gasteiger partial charge on any atom is 0.274 e. The molecule has 0 N–H and O–H groups in total. The van der Waals surface area contributed by atoms with Gasteiger partial charge in [0.15, 0.2) is 5.69 Å². The van der Waals surface area contributed by atoms with Crippen molar-refractivity contribution in [1.29, 1.82) is 0 Å². The minimum atomic E-state index is -2.87. The third kappa shape index (κ3) is 5.42. The molecule has 9 heteroatoms. The summed E-state index contributed by atoms with van der Waals surface area (Å²) in [6, 6.07) is 6.65. The molecule has 0 radical (unpaired) electrons. The minimum absolute atomic E-state index is 0.0166. The van der Waals surface area contributed by atoms with Crippen molar-refractivity contribution in [2.75, 3.05) is 26.2 Å². The van der Waals surface area contributed by atoms with Crippen LogP contribution < -0.4 is 0 Å². The van der Waals surface area contributed by atoms with Crippen LogP contribution in [0.2, 0.25) is 0 Å². The summed E-state index contributed by atoms with van der Waals surface area (Å²) in [5, 5.41) is 4.65. The molecule has 3 heterocycles. The van der Waals surface area contributed by atoms with Crippen LogP contribution in [0, 0.1) is 0 Å². The van der Waals surface area contributed by atoms with Crippen LogP contribution >= 0.6 is 0 Å². The Morgan fingerprint density at radius 2 is 1.78 bits per heavy atom. The Labute approximate surface area is 216 Å². The van der Waals surface area contributed by atoms with Gasteiger partial charge in [-0.1, -0.05) is 18.2 Å². The quantitative estimate of drug-likeness (QED) is 0.602. The average molecular weight is 515 g/mol. The molecular formula is C28H36F2N4O3. The van der Waals surface area contributed by atoms with E-state index in [1.54, 1.807) is 16.8 Å². The van der Waals surface area contributed by atoms with Gasteiger partial charge in [0.25, 0.3) is 11.8 Å². The number of carbonyl (C=O) groups excluding carboxylic acids is 2. The Morgan fingerprint density at radius 3 is 2.46 bits per heavy atom. The van der Waals surface area contributed by atoms with E-state index in [1.165, 1.54) is 6.07 Å². The van der Waals surface area contributed by atoms with Crippen LogP contribution in [0.3, 0.4) is 0 Å². The highest BCUT2D eigenvalue weighted by Gasteiger charge is 2.34. The first-order valence-corrected chi connectivity index (χ1v) is 13.4. The number of nitrogens with zero attached hydrogens (tertiary/aromatic N) is 4. The third-order valence-electron chi connectivity index (χ3n) is 7.91. The molecule has 1 aliphatic carbocycles. The number of piperidine rings is 1. The molecule has 2 fully saturated rings. The van der Waals surface area contributed by atoms with Crippen molar-refractivity contribution < 1.29 is 23.1 Å². The predicted molar refractivity (Wildman–Crippen MR) is 135 cm³/mol. The van der Waals surface area contributed by atoms with Crippen molar-refractivity contribution in [3.05, 3.63) is 52.3 Å². The monoisotopic (exact) mass is 514 g/mol. The largest absolute Gasteiger partial charge is 0.372 e. The molecule has 3 aliphatic rings. The molecule has 37 heavy (non-hydrogen) atoms. The highest BCUT2D eigenvalue weighted by Crippen LogP contribution is 2.33. The molecule has 2 amide bonds. The summed E-state index contributed by atoms with van der Waals surface area (Å²) in [5.41, 5.74) is 3.40. The van der Waals surface area contributed by atoms with Gasteiger partial charge in [-0.2, -0.15) is 5.10 Å². The van der Waals surface area contributed by atoms with Gasteiger partial charge < -0.3 is 14.5 Å². The summed E-state index contributed by atoms with van der Waals surface area (Å²) in [4.78, 5) is 30.2. The fourth-order valence-corrected chi connectivity index (χ4v) is 6.06. The second-order valence-corrected chi connectivity index (χ2v) is 10.9. The zero-order valence-corrected chi connectivity index (χ0v) is 21.9. The number of morpholine rings is 1. The Kier molecular flexibility index (Phi) is 7.09. The first kappa shape index (κ1) is 25.8. The number of benzene rings is 1. The Hall–Kier alpha value is -2.81. The second kappa shape index (κ2) is 10.2. The van der Waals surface area contributed by atoms with E-state index in [9.17, 15) is 18.4 Å². The molecule has 7 nitrogen and oxygen atoms in total. The van der Waals surface area contributed by atoms with E-state index in [0.717, 1.165) is 55.8 Å². The van der Waals surface area contributed by atoms with E-state index in [2.05, 4.69) is 5.10 Å². The topological polar surface area (TPSA) is 67.7 Å². The predicted octanol–water partition coefficient (Wildman–Crippen LogP) is 4.14. The third-order valence-corrected chi connectivity index (χ3v) is 7.91. The maximum absolute atomic E-state index is 13.8. The number of likely N-dealkylation sites (tertiary alicyclic amines) is 1. The summed E-state index contributed by atoms with van der Waals surface area (Å²) < 4.78 is 35.1. The fourth-order valence-electron chi connectivity index (χ4n) is 6.06. The number of hydrogen-bond donors (Lipinski definition) is 0. The van der Waals surface area contributed by atoms with Gasteiger partial charge in [-0.15, -0.1) is 0 Å². The summed E-state index contributed by atoms with van der Waals surface area (Å²) in [7, 11) is 0. The van der Waals surface area contributed by atoms with Crippen molar-refractivity contribution in [3.63, 3.8) is 0 Å². The SMILES string of the molecule is C[C@@H]1CN(C(=O)c2nn(CC(=O)N3CCC(c4cccc(C(C)(F)F)c4)CC3)c3c2CCC3)C[C@H](C)O1. The van der Waals surface area contributed by atoms with E-state index < -0.39 is 5.92 Å².